The Bertz CT molecular complexity index is 744. The molecule has 0 unspecified atom stereocenters. The molecule has 0 heterocycles. The summed E-state index contributed by atoms with van der Waals surface area (Å²) in [5.74, 6) is 0.639. The predicted molar refractivity (Wildman–Crippen MR) is 92.5 cm³/mol. The molecule has 0 aromatic heterocycles. The van der Waals surface area contributed by atoms with Gasteiger partial charge in [-0.2, -0.15) is 0 Å². The standard InChI is InChI=1S/C20H20F3NO2/c1-2-9-26-14-19(25)13-24(11-15-3-6-17(21)7-4-15)12-16-5-8-18(22)10-20(16)23/h1,3-8,10,19,25H,9,11-14H2/t19-/m0/s1. The lowest BCUT2D eigenvalue weighted by molar-refractivity contribution is 0.0241. The third kappa shape index (κ3) is 6.52. The van der Waals surface area contributed by atoms with Gasteiger partial charge in [-0.1, -0.05) is 24.1 Å². The van der Waals surface area contributed by atoms with Crippen molar-refractivity contribution in [3.63, 3.8) is 0 Å². The van der Waals surface area contributed by atoms with Crippen LogP contribution >= 0.6 is 0 Å². The first-order chi connectivity index (χ1) is 12.5. The Kier molecular flexibility index (Phi) is 7.67. The van der Waals surface area contributed by atoms with Crippen LogP contribution in [0.2, 0.25) is 0 Å². The Balaban J connectivity index is 2.09. The fourth-order valence-corrected chi connectivity index (χ4v) is 2.53. The van der Waals surface area contributed by atoms with Gasteiger partial charge in [-0.15, -0.1) is 6.42 Å². The topological polar surface area (TPSA) is 32.7 Å². The smallest absolute Gasteiger partial charge is 0.130 e. The Morgan fingerprint density at radius 2 is 1.73 bits per heavy atom. The summed E-state index contributed by atoms with van der Waals surface area (Å²) in [4.78, 5) is 1.77. The molecule has 26 heavy (non-hydrogen) atoms. The second kappa shape index (κ2) is 9.97. The van der Waals surface area contributed by atoms with Crippen molar-refractivity contribution in [3.05, 3.63) is 71.0 Å². The average molecular weight is 363 g/mol. The van der Waals surface area contributed by atoms with Crippen LogP contribution in [0.4, 0.5) is 13.2 Å². The molecule has 1 N–H and O–H groups in total. The van der Waals surface area contributed by atoms with Crippen LogP contribution in [0, 0.1) is 29.8 Å². The van der Waals surface area contributed by atoms with Crippen molar-refractivity contribution in [2.45, 2.75) is 19.2 Å². The van der Waals surface area contributed by atoms with E-state index in [-0.39, 0.29) is 32.1 Å². The first kappa shape index (κ1) is 20.0. The SMILES string of the molecule is C#CCOC[C@@H](O)CN(Cc1ccc(F)cc1)Cc1ccc(F)cc1F. The number of terminal acetylenes is 1. The van der Waals surface area contributed by atoms with Crippen LogP contribution in [0.25, 0.3) is 0 Å². The number of halogens is 3. The van der Waals surface area contributed by atoms with Crippen molar-refractivity contribution < 1.29 is 23.0 Å². The van der Waals surface area contributed by atoms with Crippen LogP contribution in [-0.2, 0) is 17.8 Å². The monoisotopic (exact) mass is 363 g/mol. The zero-order valence-electron chi connectivity index (χ0n) is 14.2. The second-order valence-corrected chi connectivity index (χ2v) is 5.90. The number of aliphatic hydroxyl groups is 1. The molecule has 0 aliphatic rings. The van der Waals surface area contributed by atoms with Gasteiger partial charge in [-0.3, -0.25) is 4.90 Å². The van der Waals surface area contributed by atoms with E-state index in [0.29, 0.717) is 12.1 Å². The zero-order chi connectivity index (χ0) is 18.9. The summed E-state index contributed by atoms with van der Waals surface area (Å²) in [5.41, 5.74) is 1.09. The predicted octanol–water partition coefficient (Wildman–Crippen LogP) is 3.12. The molecular weight excluding hydrogens is 343 g/mol. The molecule has 0 spiro atoms. The Morgan fingerprint density at radius 1 is 1.04 bits per heavy atom. The van der Waals surface area contributed by atoms with Gasteiger partial charge >= 0.3 is 0 Å². The molecule has 0 radical (unpaired) electrons. The van der Waals surface area contributed by atoms with Crippen LogP contribution in [-0.4, -0.2) is 35.9 Å². The normalized spacial score (nSPS) is 12.2. The molecule has 2 aromatic carbocycles. The van der Waals surface area contributed by atoms with Crippen LogP contribution in [0.1, 0.15) is 11.1 Å². The third-order valence-corrected chi connectivity index (χ3v) is 3.69. The van der Waals surface area contributed by atoms with Gasteiger partial charge < -0.3 is 9.84 Å². The molecule has 0 aliphatic carbocycles. The van der Waals surface area contributed by atoms with Gasteiger partial charge in [-0.05, 0) is 23.8 Å². The molecular formula is C20H20F3NO2. The van der Waals surface area contributed by atoms with Crippen molar-refractivity contribution in [2.24, 2.45) is 0 Å². The number of ether oxygens (including phenoxy) is 1. The number of hydrogen-bond acceptors (Lipinski definition) is 3. The Morgan fingerprint density at radius 3 is 2.38 bits per heavy atom. The minimum Gasteiger partial charge on any atom is -0.389 e. The molecule has 0 saturated heterocycles. The van der Waals surface area contributed by atoms with Crippen molar-refractivity contribution in [1.29, 1.82) is 0 Å². The molecule has 138 valence electrons. The number of nitrogens with zero attached hydrogens (tertiary/aromatic N) is 1. The van der Waals surface area contributed by atoms with E-state index in [2.05, 4.69) is 5.92 Å². The minimum atomic E-state index is -0.840. The molecule has 2 aromatic rings. The summed E-state index contributed by atoms with van der Waals surface area (Å²) in [6.45, 7) is 0.801. The van der Waals surface area contributed by atoms with Gasteiger partial charge in [0.15, 0.2) is 0 Å². The fraction of sp³-hybridized carbons (Fsp3) is 0.300. The van der Waals surface area contributed by atoms with E-state index in [0.717, 1.165) is 11.6 Å². The minimum absolute atomic E-state index is 0.0377. The van der Waals surface area contributed by atoms with E-state index < -0.39 is 17.7 Å². The van der Waals surface area contributed by atoms with E-state index in [1.165, 1.54) is 24.3 Å². The molecule has 0 fully saturated rings. The van der Waals surface area contributed by atoms with Crippen molar-refractivity contribution in [2.75, 3.05) is 19.8 Å². The maximum Gasteiger partial charge on any atom is 0.130 e. The zero-order valence-corrected chi connectivity index (χ0v) is 14.2. The summed E-state index contributed by atoms with van der Waals surface area (Å²) >= 11 is 0. The number of benzene rings is 2. The maximum absolute atomic E-state index is 14.0. The van der Waals surface area contributed by atoms with Crippen LogP contribution in [0.3, 0.4) is 0 Å². The number of rotatable bonds is 9. The van der Waals surface area contributed by atoms with Crippen molar-refractivity contribution >= 4 is 0 Å². The second-order valence-electron chi connectivity index (χ2n) is 5.90. The number of aliphatic hydroxyl groups excluding tert-OH is 1. The first-order valence-corrected chi connectivity index (χ1v) is 8.08. The Labute approximate surface area is 151 Å². The molecule has 3 nitrogen and oxygen atoms in total. The average Bonchev–Trinajstić information content (AvgIpc) is 2.59. The van der Waals surface area contributed by atoms with E-state index >= 15 is 0 Å². The molecule has 0 saturated carbocycles. The van der Waals surface area contributed by atoms with Crippen LogP contribution in [0.15, 0.2) is 42.5 Å². The van der Waals surface area contributed by atoms with Crippen molar-refractivity contribution in [1.82, 2.24) is 4.90 Å². The highest BCUT2D eigenvalue weighted by Gasteiger charge is 2.15. The molecule has 0 bridgehead atoms. The van der Waals surface area contributed by atoms with Crippen LogP contribution < -0.4 is 0 Å². The summed E-state index contributed by atoms with van der Waals surface area (Å²) in [7, 11) is 0. The lowest BCUT2D eigenvalue weighted by Gasteiger charge is -2.25. The molecule has 0 aliphatic heterocycles. The summed E-state index contributed by atoms with van der Waals surface area (Å²) < 4.78 is 45.2. The summed E-state index contributed by atoms with van der Waals surface area (Å²) in [5, 5.41) is 10.1. The van der Waals surface area contributed by atoms with E-state index in [9.17, 15) is 18.3 Å². The largest absolute Gasteiger partial charge is 0.389 e. The highest BCUT2D eigenvalue weighted by atomic mass is 19.1. The van der Waals surface area contributed by atoms with E-state index in [1.807, 2.05) is 0 Å². The quantitative estimate of drug-likeness (QED) is 0.549. The molecule has 0 amide bonds. The maximum atomic E-state index is 14.0. The third-order valence-electron chi connectivity index (χ3n) is 3.69. The Hall–Kier alpha value is -2.33. The lowest BCUT2D eigenvalue weighted by atomic mass is 10.1. The molecule has 1 atom stereocenters. The summed E-state index contributed by atoms with van der Waals surface area (Å²) in [6.07, 6.45) is 4.25. The first-order valence-electron chi connectivity index (χ1n) is 8.08. The lowest BCUT2D eigenvalue weighted by Crippen LogP contribution is -2.34. The summed E-state index contributed by atoms with van der Waals surface area (Å²) in [6, 6.07) is 9.26. The van der Waals surface area contributed by atoms with Gasteiger partial charge in [-0.25, -0.2) is 13.2 Å². The van der Waals surface area contributed by atoms with Gasteiger partial charge in [0.05, 0.1) is 12.7 Å². The van der Waals surface area contributed by atoms with Gasteiger partial charge in [0.2, 0.25) is 0 Å². The highest BCUT2D eigenvalue weighted by Crippen LogP contribution is 2.15. The van der Waals surface area contributed by atoms with Gasteiger partial charge in [0.1, 0.15) is 24.1 Å². The van der Waals surface area contributed by atoms with Crippen molar-refractivity contribution in [3.8, 4) is 12.3 Å². The van der Waals surface area contributed by atoms with E-state index in [4.69, 9.17) is 11.2 Å². The van der Waals surface area contributed by atoms with Crippen LogP contribution in [0.5, 0.6) is 0 Å². The number of hydrogen-bond donors (Lipinski definition) is 1. The fourth-order valence-electron chi connectivity index (χ4n) is 2.53. The highest BCUT2D eigenvalue weighted by molar-refractivity contribution is 5.20. The molecule has 6 heteroatoms. The van der Waals surface area contributed by atoms with Gasteiger partial charge in [0.25, 0.3) is 0 Å². The van der Waals surface area contributed by atoms with Gasteiger partial charge in [0, 0.05) is 31.3 Å². The molecule has 2 rings (SSSR count). The van der Waals surface area contributed by atoms with E-state index in [1.54, 1.807) is 17.0 Å².